The largest absolute Gasteiger partial charge is 0.480 e. The highest BCUT2D eigenvalue weighted by atomic mass is 16.4. The molecule has 0 saturated carbocycles. The number of carbonyl (C=O) groups excluding carboxylic acids is 1. The average Bonchev–Trinajstić information content (AvgIpc) is 1.79. The van der Waals surface area contributed by atoms with E-state index in [9.17, 15) is 9.59 Å². The first kappa shape index (κ1) is 10.9. The lowest BCUT2D eigenvalue weighted by atomic mass is 10.1. The molecule has 0 unspecified atom stereocenters. The molecule has 0 spiro atoms. The van der Waals surface area contributed by atoms with Gasteiger partial charge >= 0.3 is 5.97 Å². The van der Waals surface area contributed by atoms with Gasteiger partial charge in [-0.25, -0.2) is 0 Å². The standard InChI is InChI=1S/C8H15NO3/c1-6(10)9(5-7(11)12)8(2,3)4/h5H2,1-4H3,(H,11,12). The van der Waals surface area contributed by atoms with E-state index in [2.05, 4.69) is 0 Å². The summed E-state index contributed by atoms with van der Waals surface area (Å²) in [5.74, 6) is -1.20. The lowest BCUT2D eigenvalue weighted by Crippen LogP contribution is -2.47. The number of hydrogen-bond donors (Lipinski definition) is 1. The van der Waals surface area contributed by atoms with Gasteiger partial charge in [-0.05, 0) is 20.8 Å². The highest BCUT2D eigenvalue weighted by Gasteiger charge is 2.25. The summed E-state index contributed by atoms with van der Waals surface area (Å²) < 4.78 is 0. The fourth-order valence-corrected chi connectivity index (χ4v) is 0.956. The van der Waals surface area contributed by atoms with Gasteiger partial charge in [-0.3, -0.25) is 9.59 Å². The maximum Gasteiger partial charge on any atom is 0.323 e. The molecule has 0 radical (unpaired) electrons. The molecule has 0 bridgehead atoms. The second-order valence-corrected chi connectivity index (χ2v) is 3.67. The minimum absolute atomic E-state index is 0.218. The van der Waals surface area contributed by atoms with Crippen LogP contribution in [0.15, 0.2) is 0 Å². The van der Waals surface area contributed by atoms with Crippen molar-refractivity contribution in [1.82, 2.24) is 4.90 Å². The molecule has 0 atom stereocenters. The second kappa shape index (κ2) is 3.56. The minimum atomic E-state index is -0.986. The van der Waals surface area contributed by atoms with E-state index in [1.807, 2.05) is 0 Å². The van der Waals surface area contributed by atoms with Crippen LogP contribution in [-0.2, 0) is 9.59 Å². The van der Waals surface area contributed by atoms with E-state index in [-0.39, 0.29) is 12.5 Å². The molecule has 12 heavy (non-hydrogen) atoms. The highest BCUT2D eigenvalue weighted by molar-refractivity contribution is 5.80. The van der Waals surface area contributed by atoms with E-state index in [1.54, 1.807) is 20.8 Å². The van der Waals surface area contributed by atoms with E-state index in [1.165, 1.54) is 11.8 Å². The maximum atomic E-state index is 11.0. The third-order valence-electron chi connectivity index (χ3n) is 1.48. The van der Waals surface area contributed by atoms with Crippen molar-refractivity contribution in [2.24, 2.45) is 0 Å². The first-order chi connectivity index (χ1) is 5.25. The number of rotatable bonds is 2. The fourth-order valence-electron chi connectivity index (χ4n) is 0.956. The van der Waals surface area contributed by atoms with Crippen LogP contribution in [0.2, 0.25) is 0 Å². The predicted octanol–water partition coefficient (Wildman–Crippen LogP) is 0.718. The van der Waals surface area contributed by atoms with Crippen LogP contribution in [-0.4, -0.2) is 34.0 Å². The quantitative estimate of drug-likeness (QED) is 0.669. The zero-order valence-corrected chi connectivity index (χ0v) is 7.92. The molecular formula is C8H15NO3. The van der Waals surface area contributed by atoms with Gasteiger partial charge in [0.1, 0.15) is 6.54 Å². The number of nitrogens with zero attached hydrogens (tertiary/aromatic N) is 1. The van der Waals surface area contributed by atoms with Gasteiger partial charge in [0.15, 0.2) is 0 Å². The van der Waals surface area contributed by atoms with Crippen molar-refractivity contribution in [3.05, 3.63) is 0 Å². The Bertz CT molecular complexity index is 193. The van der Waals surface area contributed by atoms with E-state index >= 15 is 0 Å². The molecule has 0 fully saturated rings. The molecule has 70 valence electrons. The Balaban J connectivity index is 4.46. The van der Waals surface area contributed by atoms with Crippen molar-refractivity contribution in [2.45, 2.75) is 33.2 Å². The van der Waals surface area contributed by atoms with Gasteiger partial charge in [0.05, 0.1) is 0 Å². The molecule has 0 saturated heterocycles. The van der Waals surface area contributed by atoms with Crippen LogP contribution >= 0.6 is 0 Å². The van der Waals surface area contributed by atoms with Crippen molar-refractivity contribution in [3.8, 4) is 0 Å². The summed E-state index contributed by atoms with van der Waals surface area (Å²) >= 11 is 0. The summed E-state index contributed by atoms with van der Waals surface area (Å²) in [6.07, 6.45) is 0. The Kier molecular flexibility index (Phi) is 3.24. The Labute approximate surface area is 72.2 Å². The molecule has 0 rings (SSSR count). The summed E-state index contributed by atoms with van der Waals surface area (Å²) in [6.45, 7) is 6.54. The van der Waals surface area contributed by atoms with Crippen LogP contribution in [0.25, 0.3) is 0 Å². The third kappa shape index (κ3) is 3.37. The number of carboxylic acids is 1. The molecule has 0 aromatic heterocycles. The SMILES string of the molecule is CC(=O)N(CC(=O)O)C(C)(C)C. The average molecular weight is 173 g/mol. The number of hydrogen-bond acceptors (Lipinski definition) is 2. The van der Waals surface area contributed by atoms with Crippen LogP contribution < -0.4 is 0 Å². The second-order valence-electron chi connectivity index (χ2n) is 3.67. The van der Waals surface area contributed by atoms with Crippen molar-refractivity contribution >= 4 is 11.9 Å². The highest BCUT2D eigenvalue weighted by Crippen LogP contribution is 2.12. The van der Waals surface area contributed by atoms with Crippen LogP contribution in [0.1, 0.15) is 27.7 Å². The molecule has 1 amide bonds. The zero-order chi connectivity index (χ0) is 9.94. The fraction of sp³-hybridized carbons (Fsp3) is 0.750. The first-order valence-electron chi connectivity index (χ1n) is 3.75. The molecule has 0 heterocycles. The van der Waals surface area contributed by atoms with Gasteiger partial charge in [0.25, 0.3) is 0 Å². The molecule has 4 heteroatoms. The summed E-state index contributed by atoms with van der Waals surface area (Å²) in [7, 11) is 0. The van der Waals surface area contributed by atoms with Gasteiger partial charge in [-0.2, -0.15) is 0 Å². The van der Waals surface area contributed by atoms with Crippen molar-refractivity contribution in [2.75, 3.05) is 6.54 Å². The summed E-state index contributed by atoms with van der Waals surface area (Å²) in [4.78, 5) is 22.7. The van der Waals surface area contributed by atoms with Gasteiger partial charge in [0, 0.05) is 12.5 Å². The number of carboxylic acid groups (broad SMARTS) is 1. The molecule has 0 aromatic rings. The third-order valence-corrected chi connectivity index (χ3v) is 1.48. The normalized spacial score (nSPS) is 11.0. The van der Waals surface area contributed by atoms with E-state index in [0.29, 0.717) is 0 Å². The van der Waals surface area contributed by atoms with Crippen LogP contribution in [0, 0.1) is 0 Å². The van der Waals surface area contributed by atoms with Gasteiger partial charge in [-0.1, -0.05) is 0 Å². The maximum absolute atomic E-state index is 11.0. The lowest BCUT2D eigenvalue weighted by molar-refractivity contribution is -0.147. The van der Waals surface area contributed by atoms with Crippen molar-refractivity contribution in [3.63, 3.8) is 0 Å². The van der Waals surface area contributed by atoms with Gasteiger partial charge in [-0.15, -0.1) is 0 Å². The van der Waals surface area contributed by atoms with E-state index < -0.39 is 11.5 Å². The number of aliphatic carboxylic acids is 1. The van der Waals surface area contributed by atoms with Gasteiger partial charge < -0.3 is 10.0 Å². The topological polar surface area (TPSA) is 57.6 Å². The Morgan fingerprint density at radius 1 is 1.33 bits per heavy atom. The van der Waals surface area contributed by atoms with Crippen LogP contribution in [0.3, 0.4) is 0 Å². The van der Waals surface area contributed by atoms with Crippen LogP contribution in [0.4, 0.5) is 0 Å². The Morgan fingerprint density at radius 2 is 1.75 bits per heavy atom. The predicted molar refractivity (Wildman–Crippen MR) is 44.8 cm³/mol. The lowest BCUT2D eigenvalue weighted by Gasteiger charge is -2.33. The molecule has 1 N–H and O–H groups in total. The Hall–Kier alpha value is -1.06. The molecule has 4 nitrogen and oxygen atoms in total. The monoisotopic (exact) mass is 173 g/mol. The molecular weight excluding hydrogens is 158 g/mol. The zero-order valence-electron chi connectivity index (χ0n) is 7.92. The smallest absolute Gasteiger partial charge is 0.323 e. The van der Waals surface area contributed by atoms with Crippen LogP contribution in [0.5, 0.6) is 0 Å². The summed E-state index contributed by atoms with van der Waals surface area (Å²) in [5.41, 5.74) is -0.426. The molecule has 0 aromatic carbocycles. The number of amides is 1. The van der Waals surface area contributed by atoms with Crippen molar-refractivity contribution in [1.29, 1.82) is 0 Å². The minimum Gasteiger partial charge on any atom is -0.480 e. The first-order valence-corrected chi connectivity index (χ1v) is 3.75. The van der Waals surface area contributed by atoms with E-state index in [4.69, 9.17) is 5.11 Å². The van der Waals surface area contributed by atoms with Crippen molar-refractivity contribution < 1.29 is 14.7 Å². The van der Waals surface area contributed by atoms with Gasteiger partial charge in [0.2, 0.25) is 5.91 Å². The molecule has 0 aliphatic rings. The summed E-state index contributed by atoms with van der Waals surface area (Å²) in [5, 5.41) is 8.50. The molecule has 0 aliphatic carbocycles. The van der Waals surface area contributed by atoms with E-state index in [0.717, 1.165) is 0 Å². The molecule has 0 aliphatic heterocycles. The Morgan fingerprint density at radius 3 is 1.83 bits per heavy atom. The summed E-state index contributed by atoms with van der Waals surface area (Å²) in [6, 6.07) is 0. The number of carbonyl (C=O) groups is 2.